The fraction of sp³-hybridized carbons (Fsp3) is 0.333. The van der Waals surface area contributed by atoms with Gasteiger partial charge in [0.25, 0.3) is 0 Å². The average Bonchev–Trinajstić information content (AvgIpc) is 2.78. The Bertz CT molecular complexity index is 510. The first-order valence-corrected chi connectivity index (χ1v) is 5.49. The fourth-order valence-electron chi connectivity index (χ4n) is 1.57. The highest BCUT2D eigenvalue weighted by atomic mass is 19.1. The maximum Gasteiger partial charge on any atom is 0.184 e. The third-order valence-corrected chi connectivity index (χ3v) is 2.44. The third-order valence-electron chi connectivity index (χ3n) is 2.44. The lowest BCUT2D eigenvalue weighted by Crippen LogP contribution is -1.90. The maximum atomic E-state index is 13.7. The Morgan fingerprint density at radius 2 is 2.24 bits per heavy atom. The molecule has 1 aromatic heterocycles. The molecule has 2 rings (SSSR count). The molecule has 0 atom stereocenters. The molecule has 5 heteroatoms. The number of hydrogen-bond donors (Lipinski definition) is 1. The van der Waals surface area contributed by atoms with Crippen molar-refractivity contribution < 1.29 is 9.13 Å². The highest BCUT2D eigenvalue weighted by molar-refractivity contribution is 5.57. The molecule has 90 valence electrons. The molecule has 2 aromatic rings. The molecule has 0 radical (unpaired) electrons. The van der Waals surface area contributed by atoms with Gasteiger partial charge < -0.3 is 4.74 Å². The lowest BCUT2D eigenvalue weighted by atomic mass is 10.2. The van der Waals surface area contributed by atoms with Crippen molar-refractivity contribution in [3.63, 3.8) is 0 Å². The molecule has 0 bridgehead atoms. The topological polar surface area (TPSA) is 50.8 Å². The molecule has 1 aromatic carbocycles. The van der Waals surface area contributed by atoms with Gasteiger partial charge in [0.05, 0.1) is 12.7 Å². The minimum Gasteiger partial charge on any atom is -0.497 e. The fourth-order valence-corrected chi connectivity index (χ4v) is 1.57. The minimum absolute atomic E-state index is 0.379. The molecule has 1 N–H and O–H groups in total. The zero-order valence-corrected chi connectivity index (χ0v) is 9.83. The number of H-pyrrole nitrogens is 1. The van der Waals surface area contributed by atoms with E-state index in [0.717, 1.165) is 18.7 Å². The summed E-state index contributed by atoms with van der Waals surface area (Å²) >= 11 is 0. The van der Waals surface area contributed by atoms with Crippen molar-refractivity contribution in [1.82, 2.24) is 15.2 Å². The third kappa shape index (κ3) is 2.43. The van der Waals surface area contributed by atoms with Gasteiger partial charge in [0.2, 0.25) is 0 Å². The number of nitrogens with one attached hydrogen (secondary N) is 1. The Morgan fingerprint density at radius 3 is 2.88 bits per heavy atom. The summed E-state index contributed by atoms with van der Waals surface area (Å²) in [6.07, 6.45) is 1.78. The Labute approximate surface area is 98.8 Å². The number of ether oxygens (including phenoxy) is 1. The molecule has 17 heavy (non-hydrogen) atoms. The lowest BCUT2D eigenvalue weighted by Gasteiger charge is -2.01. The second-order valence-electron chi connectivity index (χ2n) is 3.70. The zero-order valence-electron chi connectivity index (χ0n) is 9.83. The van der Waals surface area contributed by atoms with Crippen LogP contribution in [0.4, 0.5) is 4.39 Å². The van der Waals surface area contributed by atoms with Gasteiger partial charge in [-0.1, -0.05) is 6.92 Å². The second-order valence-corrected chi connectivity index (χ2v) is 3.70. The molecule has 0 amide bonds. The van der Waals surface area contributed by atoms with Crippen molar-refractivity contribution in [1.29, 1.82) is 0 Å². The molecule has 0 aliphatic rings. The molecule has 0 saturated carbocycles. The first-order valence-electron chi connectivity index (χ1n) is 5.49. The van der Waals surface area contributed by atoms with Crippen LogP contribution in [0.25, 0.3) is 11.4 Å². The Kier molecular flexibility index (Phi) is 3.37. The molecule has 0 unspecified atom stereocenters. The first-order chi connectivity index (χ1) is 8.24. The van der Waals surface area contributed by atoms with Gasteiger partial charge in [-0.3, -0.25) is 5.10 Å². The van der Waals surface area contributed by atoms with Gasteiger partial charge in [-0.05, 0) is 18.6 Å². The van der Waals surface area contributed by atoms with Crippen LogP contribution in [0.1, 0.15) is 19.2 Å². The van der Waals surface area contributed by atoms with Gasteiger partial charge in [-0.15, -0.1) is 0 Å². The number of benzene rings is 1. The van der Waals surface area contributed by atoms with E-state index >= 15 is 0 Å². The van der Waals surface area contributed by atoms with E-state index in [2.05, 4.69) is 22.1 Å². The molecule has 0 spiro atoms. The van der Waals surface area contributed by atoms with E-state index in [9.17, 15) is 4.39 Å². The van der Waals surface area contributed by atoms with Crippen LogP contribution < -0.4 is 4.74 Å². The van der Waals surface area contributed by atoms with Crippen molar-refractivity contribution in [2.24, 2.45) is 0 Å². The highest BCUT2D eigenvalue weighted by Crippen LogP contribution is 2.23. The van der Waals surface area contributed by atoms with Crippen LogP contribution in [0, 0.1) is 5.82 Å². The van der Waals surface area contributed by atoms with Crippen LogP contribution in [0.2, 0.25) is 0 Å². The summed E-state index contributed by atoms with van der Waals surface area (Å²) in [5.41, 5.74) is 0.379. The number of aryl methyl sites for hydroxylation is 1. The van der Waals surface area contributed by atoms with E-state index in [0.29, 0.717) is 17.1 Å². The van der Waals surface area contributed by atoms with E-state index < -0.39 is 0 Å². The second kappa shape index (κ2) is 4.95. The molecule has 0 aliphatic heterocycles. The summed E-state index contributed by atoms with van der Waals surface area (Å²) < 4.78 is 18.7. The average molecular weight is 235 g/mol. The Balaban J connectivity index is 2.32. The van der Waals surface area contributed by atoms with Crippen molar-refractivity contribution in [3.8, 4) is 17.1 Å². The lowest BCUT2D eigenvalue weighted by molar-refractivity contribution is 0.411. The highest BCUT2D eigenvalue weighted by Gasteiger charge is 2.11. The molecule has 0 aliphatic carbocycles. The molecule has 0 saturated heterocycles. The van der Waals surface area contributed by atoms with Gasteiger partial charge in [-0.2, -0.15) is 5.10 Å². The first kappa shape index (κ1) is 11.6. The van der Waals surface area contributed by atoms with E-state index in [1.165, 1.54) is 13.2 Å². The van der Waals surface area contributed by atoms with Gasteiger partial charge in [0.1, 0.15) is 17.4 Å². The summed E-state index contributed by atoms with van der Waals surface area (Å²) in [6.45, 7) is 2.05. The Hall–Kier alpha value is -1.91. The number of nitrogens with zero attached hydrogens (tertiary/aromatic N) is 2. The van der Waals surface area contributed by atoms with Gasteiger partial charge >= 0.3 is 0 Å². The van der Waals surface area contributed by atoms with Crippen LogP contribution >= 0.6 is 0 Å². The van der Waals surface area contributed by atoms with Crippen molar-refractivity contribution in [3.05, 3.63) is 29.8 Å². The number of aromatic nitrogens is 3. The largest absolute Gasteiger partial charge is 0.497 e. The smallest absolute Gasteiger partial charge is 0.184 e. The summed E-state index contributed by atoms with van der Waals surface area (Å²) in [6, 6.07) is 4.63. The van der Waals surface area contributed by atoms with Crippen molar-refractivity contribution >= 4 is 0 Å². The summed E-state index contributed by atoms with van der Waals surface area (Å²) in [5.74, 6) is 1.26. The quantitative estimate of drug-likeness (QED) is 0.886. The van der Waals surface area contributed by atoms with Gasteiger partial charge in [0.15, 0.2) is 5.82 Å². The van der Waals surface area contributed by atoms with Crippen LogP contribution in [0.5, 0.6) is 5.75 Å². The Morgan fingerprint density at radius 1 is 1.41 bits per heavy atom. The molecular formula is C12H14FN3O. The normalized spacial score (nSPS) is 10.5. The number of aromatic amines is 1. The van der Waals surface area contributed by atoms with Crippen molar-refractivity contribution in [2.45, 2.75) is 19.8 Å². The number of rotatable bonds is 4. The number of halogens is 1. The van der Waals surface area contributed by atoms with E-state index in [1.54, 1.807) is 12.1 Å². The summed E-state index contributed by atoms with van der Waals surface area (Å²) in [4.78, 5) is 4.24. The minimum atomic E-state index is -0.383. The molecule has 0 fully saturated rings. The van der Waals surface area contributed by atoms with Gasteiger partial charge in [-0.25, -0.2) is 9.37 Å². The number of methoxy groups -OCH3 is 1. The van der Waals surface area contributed by atoms with Gasteiger partial charge in [0, 0.05) is 12.5 Å². The van der Waals surface area contributed by atoms with Crippen LogP contribution in [0.3, 0.4) is 0 Å². The number of hydrogen-bond acceptors (Lipinski definition) is 3. The monoisotopic (exact) mass is 235 g/mol. The molecule has 4 nitrogen and oxygen atoms in total. The standard InChI is InChI=1S/C12H14FN3O/c1-3-4-11-14-12(16-15-11)9-6-5-8(17-2)7-10(9)13/h5-7H,3-4H2,1-2H3,(H,14,15,16). The van der Waals surface area contributed by atoms with Crippen LogP contribution in [-0.2, 0) is 6.42 Å². The van der Waals surface area contributed by atoms with Crippen LogP contribution in [-0.4, -0.2) is 22.3 Å². The van der Waals surface area contributed by atoms with E-state index in [1.807, 2.05) is 0 Å². The predicted molar refractivity (Wildman–Crippen MR) is 62.3 cm³/mol. The summed E-state index contributed by atoms with van der Waals surface area (Å²) in [5, 5.41) is 6.81. The maximum absolute atomic E-state index is 13.7. The van der Waals surface area contributed by atoms with E-state index in [-0.39, 0.29) is 5.82 Å². The predicted octanol–water partition coefficient (Wildman–Crippen LogP) is 2.57. The SMILES string of the molecule is CCCc1nc(-c2ccc(OC)cc2F)n[nH]1. The zero-order chi connectivity index (χ0) is 12.3. The van der Waals surface area contributed by atoms with E-state index in [4.69, 9.17) is 4.74 Å². The molecule has 1 heterocycles. The summed E-state index contributed by atoms with van der Waals surface area (Å²) in [7, 11) is 1.50. The van der Waals surface area contributed by atoms with Crippen molar-refractivity contribution in [2.75, 3.05) is 7.11 Å². The molecular weight excluding hydrogens is 221 g/mol. The van der Waals surface area contributed by atoms with Crippen LogP contribution in [0.15, 0.2) is 18.2 Å².